The largest absolute Gasteiger partial charge is 0.493 e. The van der Waals surface area contributed by atoms with E-state index in [-0.39, 0.29) is 24.3 Å². The minimum absolute atomic E-state index is 0.169. The fourth-order valence-corrected chi connectivity index (χ4v) is 6.70. The molecule has 1 aliphatic heterocycles. The van der Waals surface area contributed by atoms with Crippen molar-refractivity contribution in [3.63, 3.8) is 0 Å². The average Bonchev–Trinajstić information content (AvgIpc) is 3.36. The number of methoxy groups -OCH3 is 3. The van der Waals surface area contributed by atoms with E-state index in [9.17, 15) is 9.59 Å². The molecule has 0 aliphatic carbocycles. The predicted molar refractivity (Wildman–Crippen MR) is 176 cm³/mol. The molecule has 0 unspecified atom stereocenters. The molecule has 4 aromatic rings. The van der Waals surface area contributed by atoms with E-state index in [1.807, 2.05) is 18.2 Å². The van der Waals surface area contributed by atoms with Crippen LogP contribution in [0, 0.1) is 11.3 Å². The highest BCUT2D eigenvalue weighted by Gasteiger charge is 2.34. The average molecular weight is 705 g/mol. The standard InChI is InChI=1S/C34H30BrN3O7S/c1-6-44-33(40)29-19(2)37-34-38(30(29)23-11-12-25(41-3)26(16-23)42-4)32(39)28(46-34)15-22-13-24(35)31(27(14-22)43-5)45-18-21-9-7-20(17-36)8-10-21/h7-16,30H,6,18H2,1-5H3/b28-15+/t30-/m1/s1. The molecule has 1 aromatic heterocycles. The Kier molecular flexibility index (Phi) is 9.94. The minimum Gasteiger partial charge on any atom is -0.493 e. The number of carbonyl (C=O) groups excluding carboxylic acids is 1. The highest BCUT2D eigenvalue weighted by molar-refractivity contribution is 9.10. The van der Waals surface area contributed by atoms with Crippen molar-refractivity contribution in [1.29, 1.82) is 5.26 Å². The molecule has 5 rings (SSSR count). The quantitative estimate of drug-likeness (QED) is 0.211. The Hall–Kier alpha value is -4.86. The first-order valence-corrected chi connectivity index (χ1v) is 15.7. The normalized spacial score (nSPS) is 14.2. The van der Waals surface area contributed by atoms with Gasteiger partial charge in [0.05, 0.1) is 65.9 Å². The van der Waals surface area contributed by atoms with Gasteiger partial charge in [0.2, 0.25) is 0 Å². The summed E-state index contributed by atoms with van der Waals surface area (Å²) >= 11 is 4.80. The molecule has 236 valence electrons. The van der Waals surface area contributed by atoms with Crippen molar-refractivity contribution >= 4 is 39.3 Å². The van der Waals surface area contributed by atoms with E-state index < -0.39 is 12.0 Å². The number of rotatable bonds is 10. The monoisotopic (exact) mass is 703 g/mol. The summed E-state index contributed by atoms with van der Waals surface area (Å²) in [5.74, 6) is 1.38. The molecule has 0 radical (unpaired) electrons. The van der Waals surface area contributed by atoms with Crippen LogP contribution in [0.1, 0.15) is 42.1 Å². The van der Waals surface area contributed by atoms with E-state index >= 15 is 0 Å². The summed E-state index contributed by atoms with van der Waals surface area (Å²) in [6.07, 6.45) is 1.75. The summed E-state index contributed by atoms with van der Waals surface area (Å²) in [4.78, 5) is 32.4. The van der Waals surface area contributed by atoms with Gasteiger partial charge in [0, 0.05) is 0 Å². The lowest BCUT2D eigenvalue weighted by molar-refractivity contribution is -0.139. The van der Waals surface area contributed by atoms with E-state index in [0.717, 1.165) is 5.56 Å². The maximum atomic E-state index is 14.1. The third-order valence-electron chi connectivity index (χ3n) is 7.26. The van der Waals surface area contributed by atoms with Gasteiger partial charge in [-0.05, 0) is 88.9 Å². The molecule has 12 heteroatoms. The van der Waals surface area contributed by atoms with E-state index in [4.69, 9.17) is 28.9 Å². The number of nitrogens with zero attached hydrogens (tertiary/aromatic N) is 3. The van der Waals surface area contributed by atoms with Crippen molar-refractivity contribution in [2.75, 3.05) is 27.9 Å². The van der Waals surface area contributed by atoms with Gasteiger partial charge in [0.15, 0.2) is 27.8 Å². The van der Waals surface area contributed by atoms with Crippen LogP contribution in [0.15, 0.2) is 80.1 Å². The second-order valence-corrected chi connectivity index (χ2v) is 11.9. The number of thiazole rings is 1. The maximum absolute atomic E-state index is 14.1. The summed E-state index contributed by atoms with van der Waals surface area (Å²) < 4.78 is 30.6. The number of halogens is 1. The predicted octanol–water partition coefficient (Wildman–Crippen LogP) is 5.04. The van der Waals surface area contributed by atoms with Gasteiger partial charge in [-0.3, -0.25) is 9.36 Å². The van der Waals surface area contributed by atoms with E-state index in [2.05, 4.69) is 27.0 Å². The summed E-state index contributed by atoms with van der Waals surface area (Å²) in [6, 6.07) is 17.3. The number of carbonyl (C=O) groups is 1. The van der Waals surface area contributed by atoms with Crippen LogP contribution in [-0.4, -0.2) is 38.5 Å². The third-order valence-corrected chi connectivity index (χ3v) is 8.83. The summed E-state index contributed by atoms with van der Waals surface area (Å²) in [5, 5.41) is 9.04. The van der Waals surface area contributed by atoms with Gasteiger partial charge in [0.25, 0.3) is 5.56 Å². The third kappa shape index (κ3) is 6.42. The highest BCUT2D eigenvalue weighted by atomic mass is 79.9. The second kappa shape index (κ2) is 14.1. The molecule has 2 heterocycles. The number of benzene rings is 3. The van der Waals surface area contributed by atoms with Crippen molar-refractivity contribution in [3.05, 3.63) is 112 Å². The molecule has 1 aliphatic rings. The highest BCUT2D eigenvalue weighted by Crippen LogP contribution is 2.38. The van der Waals surface area contributed by atoms with Gasteiger partial charge < -0.3 is 23.7 Å². The van der Waals surface area contributed by atoms with Crippen molar-refractivity contribution < 1.29 is 28.5 Å². The Bertz CT molecular complexity index is 2060. The lowest BCUT2D eigenvalue weighted by Crippen LogP contribution is -2.40. The fourth-order valence-electron chi connectivity index (χ4n) is 5.08. The van der Waals surface area contributed by atoms with Gasteiger partial charge in [-0.25, -0.2) is 9.79 Å². The lowest BCUT2D eigenvalue weighted by Gasteiger charge is -2.25. The molecule has 1 atom stereocenters. The molecule has 46 heavy (non-hydrogen) atoms. The van der Waals surface area contributed by atoms with Crippen LogP contribution in [0.25, 0.3) is 6.08 Å². The molecular weight excluding hydrogens is 674 g/mol. The smallest absolute Gasteiger partial charge is 0.338 e. The summed E-state index contributed by atoms with van der Waals surface area (Å²) in [5.41, 5.74) is 3.17. The second-order valence-electron chi connectivity index (χ2n) is 10.0. The van der Waals surface area contributed by atoms with Gasteiger partial charge in [-0.15, -0.1) is 0 Å². The molecule has 3 aromatic carbocycles. The summed E-state index contributed by atoms with van der Waals surface area (Å²) in [6.45, 7) is 3.89. The van der Waals surface area contributed by atoms with Crippen LogP contribution < -0.4 is 33.8 Å². The zero-order chi connectivity index (χ0) is 33.0. The molecule has 10 nitrogen and oxygen atoms in total. The minimum atomic E-state index is -0.809. The molecule has 0 spiro atoms. The first-order valence-electron chi connectivity index (χ1n) is 14.1. The number of ether oxygens (including phenoxy) is 5. The van der Waals surface area contributed by atoms with Crippen molar-refractivity contribution in [2.45, 2.75) is 26.5 Å². The van der Waals surface area contributed by atoms with E-state index in [1.54, 1.807) is 56.3 Å². The van der Waals surface area contributed by atoms with Gasteiger partial charge >= 0.3 is 5.97 Å². The zero-order valence-electron chi connectivity index (χ0n) is 25.8. The Labute approximate surface area is 277 Å². The first-order chi connectivity index (χ1) is 22.2. The van der Waals surface area contributed by atoms with E-state index in [1.165, 1.54) is 37.2 Å². The molecule has 0 N–H and O–H groups in total. The molecular formula is C34H30BrN3O7S. The Morgan fingerprint density at radius 2 is 1.76 bits per heavy atom. The van der Waals surface area contributed by atoms with Crippen LogP contribution in [0.4, 0.5) is 0 Å². The number of esters is 1. The topological polar surface area (TPSA) is 121 Å². The molecule has 0 bridgehead atoms. The molecule has 0 saturated carbocycles. The summed E-state index contributed by atoms with van der Waals surface area (Å²) in [7, 11) is 4.60. The van der Waals surface area contributed by atoms with Crippen molar-refractivity contribution in [2.24, 2.45) is 4.99 Å². The molecule has 0 amide bonds. The first kappa shape index (κ1) is 32.5. The SMILES string of the molecule is CCOC(=O)C1=C(C)N=c2s/c(=C/c3cc(Br)c(OCc4ccc(C#N)cc4)c(OC)c3)c(=O)n2[C@@H]1c1ccc(OC)c(OC)c1. The Balaban J connectivity index is 1.58. The van der Waals surface area contributed by atoms with Crippen LogP contribution in [0.2, 0.25) is 0 Å². The van der Waals surface area contributed by atoms with Crippen LogP contribution >= 0.6 is 27.3 Å². The zero-order valence-corrected chi connectivity index (χ0v) is 28.2. The maximum Gasteiger partial charge on any atom is 0.338 e. The fraction of sp³-hybridized carbons (Fsp3) is 0.235. The van der Waals surface area contributed by atoms with Gasteiger partial charge in [-0.1, -0.05) is 29.5 Å². The van der Waals surface area contributed by atoms with Gasteiger partial charge in [-0.2, -0.15) is 5.26 Å². The Morgan fingerprint density at radius 1 is 1.04 bits per heavy atom. The molecule has 0 saturated heterocycles. The van der Waals surface area contributed by atoms with Gasteiger partial charge in [0.1, 0.15) is 6.61 Å². The number of hydrogen-bond acceptors (Lipinski definition) is 10. The van der Waals surface area contributed by atoms with Crippen molar-refractivity contribution in [1.82, 2.24) is 4.57 Å². The van der Waals surface area contributed by atoms with Crippen LogP contribution in [-0.2, 0) is 16.1 Å². The number of fused-ring (bicyclic) bond motifs is 1. The lowest BCUT2D eigenvalue weighted by atomic mass is 9.95. The number of hydrogen-bond donors (Lipinski definition) is 0. The number of aromatic nitrogens is 1. The van der Waals surface area contributed by atoms with Crippen LogP contribution in [0.3, 0.4) is 0 Å². The number of allylic oxidation sites excluding steroid dienone is 1. The van der Waals surface area contributed by atoms with Crippen LogP contribution in [0.5, 0.6) is 23.0 Å². The number of nitriles is 1. The Morgan fingerprint density at radius 3 is 2.41 bits per heavy atom. The van der Waals surface area contributed by atoms with Crippen molar-refractivity contribution in [3.8, 4) is 29.1 Å². The van der Waals surface area contributed by atoms with E-state index in [0.29, 0.717) is 59.2 Å². The molecule has 0 fully saturated rings.